The second-order valence-electron chi connectivity index (χ2n) is 5.62. The maximum absolute atomic E-state index is 12.3. The van der Waals surface area contributed by atoms with Crippen LogP contribution >= 0.6 is 24.0 Å². The van der Waals surface area contributed by atoms with E-state index in [1.807, 2.05) is 0 Å². The van der Waals surface area contributed by atoms with Crippen molar-refractivity contribution in [2.75, 3.05) is 25.0 Å². The van der Waals surface area contributed by atoms with Crippen LogP contribution in [0.3, 0.4) is 0 Å². The Morgan fingerprint density at radius 2 is 1.96 bits per heavy atom. The number of rotatable bonds is 6. The fourth-order valence-electron chi connectivity index (χ4n) is 2.69. The third-order valence-electron chi connectivity index (χ3n) is 3.80. The van der Waals surface area contributed by atoms with Gasteiger partial charge in [0, 0.05) is 29.7 Å². The number of thioether (sulfide) groups is 1. The fourth-order valence-corrected chi connectivity index (χ4v) is 3.47. The minimum atomic E-state index is -2.39. The van der Waals surface area contributed by atoms with Crippen molar-refractivity contribution in [1.82, 2.24) is 10.2 Å². The molecule has 0 aliphatic carbocycles. The molecule has 1 fully saturated rings. The summed E-state index contributed by atoms with van der Waals surface area (Å²) in [5, 5.41) is 7.05. The Morgan fingerprint density at radius 1 is 1.30 bits per heavy atom. The Morgan fingerprint density at radius 3 is 2.52 bits per heavy atom. The van der Waals surface area contributed by atoms with Gasteiger partial charge < -0.3 is 15.5 Å². The van der Waals surface area contributed by atoms with Gasteiger partial charge in [-0.2, -0.15) is 8.78 Å². The summed E-state index contributed by atoms with van der Waals surface area (Å²) in [4.78, 5) is 3.03. The number of nitrogens with one attached hydrogen (secondary N) is 2. The summed E-state index contributed by atoms with van der Waals surface area (Å²) in [6.45, 7) is 5.58. The van der Waals surface area contributed by atoms with E-state index in [2.05, 4.69) is 22.5 Å². The van der Waals surface area contributed by atoms with E-state index < -0.39 is 5.76 Å². The van der Waals surface area contributed by atoms with Crippen molar-refractivity contribution in [3.8, 4) is 0 Å². The summed E-state index contributed by atoms with van der Waals surface area (Å²) in [5.74, 6) is -2.39. The van der Waals surface area contributed by atoms with Gasteiger partial charge in [0.05, 0.1) is 0 Å². The van der Waals surface area contributed by atoms with Crippen molar-refractivity contribution in [2.24, 2.45) is 0 Å². The zero-order valence-corrected chi connectivity index (χ0v) is 14.9. The van der Waals surface area contributed by atoms with Crippen LogP contribution in [0, 0.1) is 0 Å². The second kappa shape index (κ2) is 9.39. The van der Waals surface area contributed by atoms with Crippen LogP contribution in [0.1, 0.15) is 26.2 Å². The van der Waals surface area contributed by atoms with Gasteiger partial charge in [0.25, 0.3) is 5.76 Å². The summed E-state index contributed by atoms with van der Waals surface area (Å²) in [7, 11) is 0. The summed E-state index contributed by atoms with van der Waals surface area (Å²) < 4.78 is 24.6. The Kier molecular flexibility index (Phi) is 7.52. The number of halogens is 2. The summed E-state index contributed by atoms with van der Waals surface area (Å²) >= 11 is 5.88. The van der Waals surface area contributed by atoms with Gasteiger partial charge in [-0.15, -0.1) is 0 Å². The maximum atomic E-state index is 12.3. The molecule has 0 bridgehead atoms. The lowest BCUT2D eigenvalue weighted by atomic mass is 10.1. The van der Waals surface area contributed by atoms with Gasteiger partial charge in [-0.05, 0) is 62.3 Å². The molecule has 0 amide bonds. The van der Waals surface area contributed by atoms with Gasteiger partial charge in [0.2, 0.25) is 0 Å². The third kappa shape index (κ3) is 6.61. The van der Waals surface area contributed by atoms with Crippen molar-refractivity contribution in [1.29, 1.82) is 0 Å². The molecule has 2 rings (SSSR count). The highest BCUT2D eigenvalue weighted by molar-refractivity contribution is 7.99. The predicted molar refractivity (Wildman–Crippen MR) is 97.4 cm³/mol. The monoisotopic (exact) mass is 359 g/mol. The molecule has 0 spiro atoms. The molecule has 1 aromatic rings. The lowest BCUT2D eigenvalue weighted by Gasteiger charge is -2.32. The van der Waals surface area contributed by atoms with Gasteiger partial charge in [0.1, 0.15) is 0 Å². The molecule has 23 heavy (non-hydrogen) atoms. The molecule has 2 N–H and O–H groups in total. The van der Waals surface area contributed by atoms with Gasteiger partial charge in [-0.3, -0.25) is 0 Å². The minimum Gasteiger partial charge on any atom is -0.360 e. The molecular formula is C16H23F2N3S2. The van der Waals surface area contributed by atoms with Crippen LogP contribution in [0.2, 0.25) is 0 Å². The molecular weight excluding hydrogens is 336 g/mol. The van der Waals surface area contributed by atoms with Crippen LogP contribution in [-0.4, -0.2) is 41.4 Å². The summed E-state index contributed by atoms with van der Waals surface area (Å²) in [5.41, 5.74) is 0.810. The van der Waals surface area contributed by atoms with Crippen LogP contribution in [0.5, 0.6) is 0 Å². The first-order valence-corrected chi connectivity index (χ1v) is 9.20. The molecule has 1 saturated heterocycles. The van der Waals surface area contributed by atoms with Gasteiger partial charge in [0.15, 0.2) is 5.11 Å². The molecule has 3 nitrogen and oxygen atoms in total. The van der Waals surface area contributed by atoms with Gasteiger partial charge >= 0.3 is 0 Å². The number of anilines is 1. The summed E-state index contributed by atoms with van der Waals surface area (Å²) in [6.07, 6.45) is 3.37. The first kappa shape index (κ1) is 18.4. The van der Waals surface area contributed by atoms with Gasteiger partial charge in [-0.25, -0.2) is 0 Å². The Labute approximate surface area is 146 Å². The Balaban J connectivity index is 1.74. The minimum absolute atomic E-state index is 0.400. The molecule has 1 aliphatic rings. The molecule has 0 atom stereocenters. The first-order valence-electron chi connectivity index (χ1n) is 7.91. The number of thiocarbonyl (C=S) groups is 1. The molecule has 0 radical (unpaired) electrons. The number of nitrogens with zero attached hydrogens (tertiary/aromatic N) is 1. The van der Waals surface area contributed by atoms with Crippen molar-refractivity contribution in [3.63, 3.8) is 0 Å². The number of hydrogen-bond acceptors (Lipinski definition) is 3. The molecule has 0 saturated carbocycles. The van der Waals surface area contributed by atoms with Crippen molar-refractivity contribution >= 4 is 34.8 Å². The van der Waals surface area contributed by atoms with E-state index in [4.69, 9.17) is 12.2 Å². The number of likely N-dealkylation sites (tertiary alicyclic amines) is 1. The van der Waals surface area contributed by atoms with E-state index in [-0.39, 0.29) is 0 Å². The predicted octanol–water partition coefficient (Wildman–Crippen LogP) is 4.16. The first-order chi connectivity index (χ1) is 11.1. The average Bonchev–Trinajstić information content (AvgIpc) is 2.51. The molecule has 1 aromatic carbocycles. The third-order valence-corrected chi connectivity index (χ3v) is 4.74. The van der Waals surface area contributed by atoms with E-state index in [9.17, 15) is 8.78 Å². The number of piperidine rings is 1. The zero-order chi connectivity index (χ0) is 16.7. The number of benzene rings is 1. The topological polar surface area (TPSA) is 27.3 Å². The van der Waals surface area contributed by atoms with E-state index >= 15 is 0 Å². The highest BCUT2D eigenvalue weighted by atomic mass is 32.2. The van der Waals surface area contributed by atoms with Crippen molar-refractivity contribution < 1.29 is 8.78 Å². The van der Waals surface area contributed by atoms with Crippen molar-refractivity contribution in [2.45, 2.75) is 42.9 Å². The zero-order valence-electron chi connectivity index (χ0n) is 13.2. The molecule has 128 valence electrons. The largest absolute Gasteiger partial charge is 0.360 e. The SMILES string of the molecule is CCCN1CCC(NC(=S)Nc2ccc(SC(F)F)cc2)CC1. The van der Waals surface area contributed by atoms with Crippen LogP contribution in [0.25, 0.3) is 0 Å². The average molecular weight is 360 g/mol. The van der Waals surface area contributed by atoms with E-state index in [1.165, 1.54) is 13.0 Å². The highest BCUT2D eigenvalue weighted by Gasteiger charge is 2.18. The van der Waals surface area contributed by atoms with Crippen LogP contribution in [0.15, 0.2) is 29.2 Å². The second-order valence-corrected chi connectivity index (χ2v) is 7.09. The quantitative estimate of drug-likeness (QED) is 0.588. The normalized spacial score (nSPS) is 16.5. The van der Waals surface area contributed by atoms with E-state index in [0.29, 0.717) is 27.8 Å². The standard InChI is InChI=1S/C16H23F2N3S2/c1-2-9-21-10-7-13(8-11-21)20-16(22)19-12-3-5-14(6-4-12)23-15(17)18/h3-6,13,15H,2,7-11H2,1H3,(H2,19,20,22). The lowest BCUT2D eigenvalue weighted by molar-refractivity contribution is 0.207. The van der Waals surface area contributed by atoms with E-state index in [0.717, 1.165) is 31.6 Å². The van der Waals surface area contributed by atoms with Gasteiger partial charge in [-0.1, -0.05) is 18.7 Å². The van der Waals surface area contributed by atoms with Crippen molar-refractivity contribution in [3.05, 3.63) is 24.3 Å². The van der Waals surface area contributed by atoms with E-state index in [1.54, 1.807) is 24.3 Å². The molecule has 0 unspecified atom stereocenters. The molecule has 1 aliphatic heterocycles. The number of alkyl halides is 2. The maximum Gasteiger partial charge on any atom is 0.288 e. The lowest BCUT2D eigenvalue weighted by Crippen LogP contribution is -2.45. The smallest absolute Gasteiger partial charge is 0.288 e. The molecule has 0 aromatic heterocycles. The van der Waals surface area contributed by atoms with Crippen LogP contribution < -0.4 is 10.6 Å². The fraction of sp³-hybridized carbons (Fsp3) is 0.562. The Hall–Kier alpha value is -0.920. The van der Waals surface area contributed by atoms with Crippen LogP contribution in [-0.2, 0) is 0 Å². The Bertz CT molecular complexity index is 489. The number of hydrogen-bond donors (Lipinski definition) is 2. The highest BCUT2D eigenvalue weighted by Crippen LogP contribution is 2.26. The molecule has 7 heteroatoms. The van der Waals surface area contributed by atoms with Crippen LogP contribution in [0.4, 0.5) is 14.5 Å². The summed E-state index contributed by atoms with van der Waals surface area (Å²) in [6, 6.07) is 7.28. The molecule has 1 heterocycles.